The van der Waals surface area contributed by atoms with Crippen LogP contribution in [0.3, 0.4) is 0 Å². The average molecular weight is 185 g/mol. The van der Waals surface area contributed by atoms with E-state index in [1.807, 2.05) is 18.8 Å². The third kappa shape index (κ3) is 3.61. The Kier molecular flexibility index (Phi) is 4.74. The standard InChI is InChI=1S/C10H19NS/c1-9(11-2)12-8-10-6-4-3-5-7-10/h10H,3-8H2,1-2H3. The first-order valence-electron chi connectivity index (χ1n) is 4.89. The monoisotopic (exact) mass is 185 g/mol. The zero-order valence-corrected chi connectivity index (χ0v) is 8.99. The molecule has 1 aliphatic carbocycles. The van der Waals surface area contributed by atoms with Gasteiger partial charge in [-0.05, 0) is 25.7 Å². The molecule has 1 rings (SSSR count). The van der Waals surface area contributed by atoms with Gasteiger partial charge >= 0.3 is 0 Å². The minimum Gasteiger partial charge on any atom is -0.287 e. The Labute approximate surface area is 80.0 Å². The fourth-order valence-electron chi connectivity index (χ4n) is 1.66. The number of aliphatic imine (C=N–C) groups is 1. The molecule has 0 aromatic carbocycles. The van der Waals surface area contributed by atoms with Crippen LogP contribution in [-0.4, -0.2) is 17.8 Å². The number of nitrogens with zero attached hydrogens (tertiary/aromatic N) is 1. The van der Waals surface area contributed by atoms with Crippen LogP contribution < -0.4 is 0 Å². The highest BCUT2D eigenvalue weighted by Crippen LogP contribution is 2.26. The normalized spacial score (nSPS) is 21.3. The van der Waals surface area contributed by atoms with Gasteiger partial charge < -0.3 is 0 Å². The summed E-state index contributed by atoms with van der Waals surface area (Å²) in [5.74, 6) is 2.27. The average Bonchev–Trinajstić information content (AvgIpc) is 2.16. The highest BCUT2D eigenvalue weighted by molar-refractivity contribution is 8.13. The smallest absolute Gasteiger partial charge is 0.0641 e. The zero-order valence-electron chi connectivity index (χ0n) is 8.18. The molecular formula is C10H19NS. The van der Waals surface area contributed by atoms with Crippen LogP contribution in [0.2, 0.25) is 0 Å². The van der Waals surface area contributed by atoms with Crippen molar-refractivity contribution in [2.24, 2.45) is 10.9 Å². The van der Waals surface area contributed by atoms with Crippen LogP contribution in [0.5, 0.6) is 0 Å². The molecule has 0 aliphatic heterocycles. The number of hydrogen-bond acceptors (Lipinski definition) is 2. The lowest BCUT2D eigenvalue weighted by Gasteiger charge is -2.20. The molecule has 0 bridgehead atoms. The topological polar surface area (TPSA) is 12.4 Å². The van der Waals surface area contributed by atoms with E-state index in [0.717, 1.165) is 5.92 Å². The van der Waals surface area contributed by atoms with Crippen LogP contribution in [0.4, 0.5) is 0 Å². The van der Waals surface area contributed by atoms with Gasteiger partial charge in [-0.25, -0.2) is 0 Å². The minimum atomic E-state index is 0.973. The van der Waals surface area contributed by atoms with Gasteiger partial charge in [-0.3, -0.25) is 4.99 Å². The first kappa shape index (κ1) is 10.1. The molecule has 0 saturated heterocycles. The second-order valence-corrected chi connectivity index (χ2v) is 4.77. The number of rotatable bonds is 2. The highest BCUT2D eigenvalue weighted by atomic mass is 32.2. The second-order valence-electron chi connectivity index (χ2n) is 3.56. The summed E-state index contributed by atoms with van der Waals surface area (Å²) in [6, 6.07) is 0. The molecule has 2 heteroatoms. The molecule has 0 radical (unpaired) electrons. The van der Waals surface area contributed by atoms with E-state index in [1.54, 1.807) is 0 Å². The van der Waals surface area contributed by atoms with E-state index < -0.39 is 0 Å². The summed E-state index contributed by atoms with van der Waals surface area (Å²) in [7, 11) is 1.88. The van der Waals surface area contributed by atoms with Crippen molar-refractivity contribution >= 4 is 16.8 Å². The Balaban J connectivity index is 2.13. The Hall–Kier alpha value is 0.0200. The van der Waals surface area contributed by atoms with Gasteiger partial charge in [0.1, 0.15) is 0 Å². The largest absolute Gasteiger partial charge is 0.287 e. The molecule has 1 nitrogen and oxygen atoms in total. The van der Waals surface area contributed by atoms with Crippen molar-refractivity contribution in [1.82, 2.24) is 0 Å². The van der Waals surface area contributed by atoms with Gasteiger partial charge in [0.15, 0.2) is 0 Å². The highest BCUT2D eigenvalue weighted by Gasteiger charge is 2.13. The van der Waals surface area contributed by atoms with Crippen LogP contribution in [0.1, 0.15) is 39.0 Å². The summed E-state index contributed by atoms with van der Waals surface area (Å²) >= 11 is 1.93. The molecule has 0 amide bonds. The maximum atomic E-state index is 4.15. The van der Waals surface area contributed by atoms with Crippen LogP contribution >= 0.6 is 11.8 Å². The van der Waals surface area contributed by atoms with Crippen molar-refractivity contribution in [1.29, 1.82) is 0 Å². The summed E-state index contributed by atoms with van der Waals surface area (Å²) in [4.78, 5) is 4.15. The molecule has 0 N–H and O–H groups in total. The predicted molar refractivity (Wildman–Crippen MR) is 58.1 cm³/mol. The van der Waals surface area contributed by atoms with Crippen LogP contribution in [0, 0.1) is 5.92 Å². The SMILES string of the molecule is CN=C(C)SCC1CCCCC1. The van der Waals surface area contributed by atoms with Crippen molar-refractivity contribution in [3.05, 3.63) is 0 Å². The quantitative estimate of drug-likeness (QED) is 0.475. The maximum absolute atomic E-state index is 4.15. The molecule has 70 valence electrons. The minimum absolute atomic E-state index is 0.973. The Bertz CT molecular complexity index is 148. The lowest BCUT2D eigenvalue weighted by molar-refractivity contribution is 0.391. The van der Waals surface area contributed by atoms with Gasteiger partial charge in [-0.1, -0.05) is 19.3 Å². The lowest BCUT2D eigenvalue weighted by atomic mass is 9.91. The van der Waals surface area contributed by atoms with Gasteiger partial charge in [0.05, 0.1) is 5.04 Å². The maximum Gasteiger partial charge on any atom is 0.0641 e. The van der Waals surface area contributed by atoms with Crippen molar-refractivity contribution in [2.45, 2.75) is 39.0 Å². The molecular weight excluding hydrogens is 166 g/mol. The van der Waals surface area contributed by atoms with Crippen molar-refractivity contribution in [2.75, 3.05) is 12.8 Å². The van der Waals surface area contributed by atoms with E-state index in [-0.39, 0.29) is 0 Å². The van der Waals surface area contributed by atoms with Crippen molar-refractivity contribution in [3.63, 3.8) is 0 Å². The molecule has 1 fully saturated rings. The third-order valence-corrected chi connectivity index (χ3v) is 3.81. The van der Waals surface area contributed by atoms with Crippen LogP contribution in [0.25, 0.3) is 0 Å². The fourth-order valence-corrected chi connectivity index (χ4v) is 2.60. The van der Waals surface area contributed by atoms with E-state index >= 15 is 0 Å². The van der Waals surface area contributed by atoms with E-state index in [9.17, 15) is 0 Å². The third-order valence-electron chi connectivity index (χ3n) is 2.57. The molecule has 0 heterocycles. The number of hydrogen-bond donors (Lipinski definition) is 0. The first-order valence-corrected chi connectivity index (χ1v) is 5.87. The summed E-state index contributed by atoms with van der Waals surface area (Å²) in [5, 5.41) is 1.24. The molecule has 1 saturated carbocycles. The predicted octanol–water partition coefficient (Wildman–Crippen LogP) is 3.35. The summed E-state index contributed by atoms with van der Waals surface area (Å²) < 4.78 is 0. The molecule has 1 aliphatic rings. The molecule has 0 aromatic rings. The van der Waals surface area contributed by atoms with E-state index in [2.05, 4.69) is 11.9 Å². The van der Waals surface area contributed by atoms with Gasteiger partial charge in [0.25, 0.3) is 0 Å². The van der Waals surface area contributed by atoms with Gasteiger partial charge in [-0.15, -0.1) is 11.8 Å². The van der Waals surface area contributed by atoms with Crippen molar-refractivity contribution < 1.29 is 0 Å². The Morgan fingerprint density at radius 1 is 1.33 bits per heavy atom. The lowest BCUT2D eigenvalue weighted by Crippen LogP contribution is -2.09. The first-order chi connectivity index (χ1) is 5.83. The summed E-state index contributed by atoms with van der Waals surface area (Å²) in [6.07, 6.45) is 7.26. The van der Waals surface area contributed by atoms with E-state index in [1.165, 1.54) is 42.9 Å². The molecule has 0 aromatic heterocycles. The van der Waals surface area contributed by atoms with E-state index in [0.29, 0.717) is 0 Å². The van der Waals surface area contributed by atoms with Crippen LogP contribution in [-0.2, 0) is 0 Å². The molecule has 0 unspecified atom stereocenters. The molecule has 0 spiro atoms. The van der Waals surface area contributed by atoms with E-state index in [4.69, 9.17) is 0 Å². The van der Waals surface area contributed by atoms with Crippen LogP contribution in [0.15, 0.2) is 4.99 Å². The Morgan fingerprint density at radius 2 is 2.00 bits per heavy atom. The summed E-state index contributed by atoms with van der Waals surface area (Å²) in [6.45, 7) is 2.10. The fraction of sp³-hybridized carbons (Fsp3) is 0.900. The van der Waals surface area contributed by atoms with Gasteiger partial charge in [0, 0.05) is 12.8 Å². The van der Waals surface area contributed by atoms with Gasteiger partial charge in [0.2, 0.25) is 0 Å². The Morgan fingerprint density at radius 3 is 2.58 bits per heavy atom. The van der Waals surface area contributed by atoms with Gasteiger partial charge in [-0.2, -0.15) is 0 Å². The molecule has 12 heavy (non-hydrogen) atoms. The molecule has 0 atom stereocenters. The number of thioether (sulfide) groups is 1. The zero-order chi connectivity index (χ0) is 8.81. The summed E-state index contributed by atoms with van der Waals surface area (Å²) in [5.41, 5.74) is 0. The second kappa shape index (κ2) is 5.63. The van der Waals surface area contributed by atoms with Crippen molar-refractivity contribution in [3.8, 4) is 0 Å².